The first-order valence-corrected chi connectivity index (χ1v) is 7.90. The number of nitrogens with one attached hydrogen (secondary N) is 2. The number of piperidine rings is 1. The third kappa shape index (κ3) is 3.02. The number of anilines is 1. The van der Waals surface area contributed by atoms with Crippen molar-refractivity contribution in [2.45, 2.75) is 50.7 Å². The van der Waals surface area contributed by atoms with Crippen LogP contribution in [0.2, 0.25) is 0 Å². The van der Waals surface area contributed by atoms with Crippen molar-refractivity contribution < 1.29 is 4.79 Å². The summed E-state index contributed by atoms with van der Waals surface area (Å²) in [5.74, 6) is -0.0990. The van der Waals surface area contributed by atoms with E-state index in [1.807, 2.05) is 19.1 Å². The Hall–Kier alpha value is -1.62. The molecule has 114 valence electrons. The predicted molar refractivity (Wildman–Crippen MR) is 83.6 cm³/mol. The lowest BCUT2D eigenvalue weighted by molar-refractivity contribution is 0.0951. The molecule has 2 saturated heterocycles. The Morgan fingerprint density at radius 1 is 1.43 bits per heavy atom. The molecule has 5 nitrogen and oxygen atoms in total. The van der Waals surface area contributed by atoms with Gasteiger partial charge in [0.1, 0.15) is 5.69 Å². The predicted octanol–water partition coefficient (Wildman–Crippen LogP) is 1.55. The smallest absolute Gasteiger partial charge is 0.269 e. The van der Waals surface area contributed by atoms with Crippen LogP contribution in [0, 0.1) is 0 Å². The molecule has 2 aliphatic rings. The third-order valence-electron chi connectivity index (χ3n) is 4.72. The lowest BCUT2D eigenvalue weighted by Crippen LogP contribution is -2.47. The molecule has 21 heavy (non-hydrogen) atoms. The Morgan fingerprint density at radius 2 is 2.14 bits per heavy atom. The molecule has 1 amide bonds. The monoisotopic (exact) mass is 288 g/mol. The molecule has 2 unspecified atom stereocenters. The molecule has 5 heteroatoms. The van der Waals surface area contributed by atoms with Crippen molar-refractivity contribution in [3.63, 3.8) is 0 Å². The second-order valence-electron chi connectivity index (χ2n) is 6.13. The van der Waals surface area contributed by atoms with E-state index in [1.54, 1.807) is 6.20 Å². The number of amides is 1. The molecule has 1 aromatic rings. The number of fused-ring (bicyclic) bond motifs is 2. The Balaban J connectivity index is 1.73. The number of hydrogen-bond donors (Lipinski definition) is 2. The average Bonchev–Trinajstić information content (AvgIpc) is 2.85. The molecular formula is C16H24N4O. The van der Waals surface area contributed by atoms with Crippen molar-refractivity contribution in [3.8, 4) is 0 Å². The van der Waals surface area contributed by atoms with Gasteiger partial charge in [-0.2, -0.15) is 0 Å². The van der Waals surface area contributed by atoms with Gasteiger partial charge in [0.15, 0.2) is 0 Å². The molecule has 2 N–H and O–H groups in total. The van der Waals surface area contributed by atoms with E-state index in [1.165, 1.54) is 25.7 Å². The number of rotatable bonds is 4. The van der Waals surface area contributed by atoms with Crippen LogP contribution in [0.3, 0.4) is 0 Å². The van der Waals surface area contributed by atoms with Crippen LogP contribution >= 0.6 is 0 Å². The second kappa shape index (κ2) is 6.02. The lowest BCUT2D eigenvalue weighted by atomic mass is 9.98. The first-order valence-electron chi connectivity index (χ1n) is 7.90. The van der Waals surface area contributed by atoms with Gasteiger partial charge in [0.2, 0.25) is 0 Å². The molecular weight excluding hydrogens is 264 g/mol. The number of carbonyl (C=O) groups is 1. The normalized spacial score (nSPS) is 27.4. The van der Waals surface area contributed by atoms with E-state index in [0.29, 0.717) is 30.4 Å². The van der Waals surface area contributed by atoms with Crippen molar-refractivity contribution in [2.24, 2.45) is 0 Å². The van der Waals surface area contributed by atoms with Crippen LogP contribution in [0.1, 0.15) is 43.1 Å². The lowest BCUT2D eigenvalue weighted by Gasteiger charge is -2.37. The largest absolute Gasteiger partial charge is 0.371 e. The van der Waals surface area contributed by atoms with E-state index in [0.717, 1.165) is 5.69 Å². The molecule has 3 rings (SSSR count). The highest BCUT2D eigenvalue weighted by Crippen LogP contribution is 2.31. The van der Waals surface area contributed by atoms with Crippen LogP contribution in [0.25, 0.3) is 0 Å². The maximum absolute atomic E-state index is 11.9. The Labute approximate surface area is 126 Å². The highest BCUT2D eigenvalue weighted by atomic mass is 16.1. The van der Waals surface area contributed by atoms with Crippen molar-refractivity contribution in [2.75, 3.05) is 18.5 Å². The molecule has 0 aromatic carbocycles. The van der Waals surface area contributed by atoms with Crippen LogP contribution in [-0.2, 0) is 0 Å². The molecule has 0 spiro atoms. The molecule has 0 aliphatic carbocycles. The molecule has 2 atom stereocenters. The van der Waals surface area contributed by atoms with Crippen LogP contribution in [0.5, 0.6) is 0 Å². The van der Waals surface area contributed by atoms with E-state index in [2.05, 4.69) is 27.6 Å². The summed E-state index contributed by atoms with van der Waals surface area (Å²) in [6, 6.07) is 5.77. The van der Waals surface area contributed by atoms with Crippen LogP contribution in [0.4, 0.5) is 5.69 Å². The number of carbonyl (C=O) groups excluding carboxylic acids is 1. The topological polar surface area (TPSA) is 57.3 Å². The van der Waals surface area contributed by atoms with Gasteiger partial charge in [0.05, 0.1) is 0 Å². The third-order valence-corrected chi connectivity index (χ3v) is 4.72. The first-order chi connectivity index (χ1) is 10.2. The summed E-state index contributed by atoms with van der Waals surface area (Å²) in [7, 11) is 2.13. The Bertz CT molecular complexity index is 507. The quantitative estimate of drug-likeness (QED) is 0.882. The van der Waals surface area contributed by atoms with Crippen molar-refractivity contribution in [1.82, 2.24) is 15.6 Å². The summed E-state index contributed by atoms with van der Waals surface area (Å²) in [6.45, 7) is 2.54. The minimum atomic E-state index is -0.0990. The fourth-order valence-electron chi connectivity index (χ4n) is 3.57. The summed E-state index contributed by atoms with van der Waals surface area (Å²) in [4.78, 5) is 18.4. The minimum absolute atomic E-state index is 0.0990. The second-order valence-corrected chi connectivity index (χ2v) is 6.13. The van der Waals surface area contributed by atoms with Gasteiger partial charge < -0.3 is 15.5 Å². The summed E-state index contributed by atoms with van der Waals surface area (Å²) in [5, 5.41) is 6.47. The maximum atomic E-state index is 11.9. The van der Waals surface area contributed by atoms with E-state index >= 15 is 0 Å². The van der Waals surface area contributed by atoms with Gasteiger partial charge in [-0.05, 0) is 44.7 Å². The van der Waals surface area contributed by atoms with Gasteiger partial charge in [-0.25, -0.2) is 0 Å². The van der Waals surface area contributed by atoms with Gasteiger partial charge in [-0.15, -0.1) is 0 Å². The van der Waals surface area contributed by atoms with E-state index in [4.69, 9.17) is 0 Å². The fourth-order valence-corrected chi connectivity index (χ4v) is 3.57. The van der Waals surface area contributed by atoms with Gasteiger partial charge in [0.25, 0.3) is 5.91 Å². The van der Waals surface area contributed by atoms with Crippen molar-refractivity contribution >= 4 is 11.6 Å². The van der Waals surface area contributed by atoms with E-state index in [9.17, 15) is 4.79 Å². The summed E-state index contributed by atoms with van der Waals surface area (Å²) in [6.07, 6.45) is 6.70. The standard InChI is InChI=1S/C16H24N4O/c1-3-17-16(21)15-10-13(6-7-18-15)20(2)14-8-11-4-5-12(9-14)19-11/h6-7,10-12,14,19H,3-5,8-9H2,1-2H3,(H,17,21). The molecule has 1 aromatic heterocycles. The Kier molecular flexibility index (Phi) is 4.10. The van der Waals surface area contributed by atoms with E-state index in [-0.39, 0.29) is 5.91 Å². The molecule has 0 radical (unpaired) electrons. The van der Waals surface area contributed by atoms with Crippen molar-refractivity contribution in [1.29, 1.82) is 0 Å². The zero-order valence-electron chi connectivity index (χ0n) is 12.8. The number of hydrogen-bond acceptors (Lipinski definition) is 4. The van der Waals surface area contributed by atoms with E-state index < -0.39 is 0 Å². The van der Waals surface area contributed by atoms with Gasteiger partial charge in [-0.1, -0.05) is 0 Å². The van der Waals surface area contributed by atoms with Crippen LogP contribution in [0.15, 0.2) is 18.3 Å². The molecule has 3 heterocycles. The molecule has 2 aliphatic heterocycles. The van der Waals surface area contributed by atoms with Gasteiger partial charge in [0, 0.05) is 43.6 Å². The van der Waals surface area contributed by atoms with Gasteiger partial charge in [-0.3, -0.25) is 9.78 Å². The average molecular weight is 288 g/mol. The molecule has 2 bridgehead atoms. The zero-order chi connectivity index (χ0) is 14.8. The highest BCUT2D eigenvalue weighted by molar-refractivity contribution is 5.93. The summed E-state index contributed by atoms with van der Waals surface area (Å²) >= 11 is 0. The van der Waals surface area contributed by atoms with Crippen LogP contribution < -0.4 is 15.5 Å². The fraction of sp³-hybridized carbons (Fsp3) is 0.625. The summed E-state index contributed by atoms with van der Waals surface area (Å²) < 4.78 is 0. The number of pyridine rings is 1. The zero-order valence-corrected chi connectivity index (χ0v) is 12.8. The number of nitrogens with zero attached hydrogens (tertiary/aromatic N) is 2. The van der Waals surface area contributed by atoms with Gasteiger partial charge >= 0.3 is 0 Å². The maximum Gasteiger partial charge on any atom is 0.269 e. The number of aromatic nitrogens is 1. The van der Waals surface area contributed by atoms with Crippen molar-refractivity contribution in [3.05, 3.63) is 24.0 Å². The first kappa shape index (κ1) is 14.3. The minimum Gasteiger partial charge on any atom is -0.371 e. The SMILES string of the molecule is CCNC(=O)c1cc(N(C)C2CC3CCC(C2)N3)ccn1. The molecule has 0 saturated carbocycles. The molecule has 2 fully saturated rings. The Morgan fingerprint density at radius 3 is 2.81 bits per heavy atom. The van der Waals surface area contributed by atoms with Crippen LogP contribution in [-0.4, -0.2) is 42.6 Å². The summed E-state index contributed by atoms with van der Waals surface area (Å²) in [5.41, 5.74) is 1.58. The highest BCUT2D eigenvalue weighted by Gasteiger charge is 2.35.